The van der Waals surface area contributed by atoms with Gasteiger partial charge in [0, 0.05) is 17.3 Å². The highest BCUT2D eigenvalue weighted by atomic mass is 19.1. The zero-order chi connectivity index (χ0) is 14.0. The third-order valence-corrected chi connectivity index (χ3v) is 2.80. The summed E-state index contributed by atoms with van der Waals surface area (Å²) in [6, 6.07) is 7.85. The molecule has 0 fully saturated rings. The van der Waals surface area contributed by atoms with E-state index in [1.165, 1.54) is 6.07 Å². The van der Waals surface area contributed by atoms with Crippen molar-refractivity contribution >= 4 is 17.3 Å². The quantitative estimate of drug-likeness (QED) is 0.817. The van der Waals surface area contributed by atoms with Crippen LogP contribution in [0, 0.1) is 18.6 Å². The molecule has 0 aliphatic carbocycles. The second kappa shape index (κ2) is 5.06. The molecule has 0 aromatic heterocycles. The van der Waals surface area contributed by atoms with Gasteiger partial charge in [-0.2, -0.15) is 0 Å². The van der Waals surface area contributed by atoms with E-state index < -0.39 is 17.5 Å². The number of anilines is 2. The Morgan fingerprint density at radius 3 is 2.63 bits per heavy atom. The molecular weight excluding hydrogens is 250 g/mol. The van der Waals surface area contributed by atoms with Crippen molar-refractivity contribution in [2.75, 3.05) is 11.1 Å². The SMILES string of the molecule is Cc1c(N)cccc1C(=O)Nc1ccc(F)cc1F. The number of nitrogens with one attached hydrogen (secondary N) is 1. The Labute approximate surface area is 109 Å². The van der Waals surface area contributed by atoms with Gasteiger partial charge in [0.1, 0.15) is 11.6 Å². The van der Waals surface area contributed by atoms with Gasteiger partial charge in [-0.05, 0) is 36.8 Å². The third kappa shape index (κ3) is 2.70. The molecule has 0 saturated heterocycles. The topological polar surface area (TPSA) is 55.1 Å². The maximum Gasteiger partial charge on any atom is 0.256 e. The molecule has 0 unspecified atom stereocenters. The number of carbonyl (C=O) groups is 1. The first-order valence-electron chi connectivity index (χ1n) is 5.60. The van der Waals surface area contributed by atoms with Crippen molar-refractivity contribution in [3.63, 3.8) is 0 Å². The molecule has 3 nitrogen and oxygen atoms in total. The fourth-order valence-electron chi connectivity index (χ4n) is 1.68. The molecule has 0 heterocycles. The number of amides is 1. The minimum Gasteiger partial charge on any atom is -0.398 e. The lowest BCUT2D eigenvalue weighted by molar-refractivity contribution is 0.102. The summed E-state index contributed by atoms with van der Waals surface area (Å²) in [7, 11) is 0. The highest BCUT2D eigenvalue weighted by Crippen LogP contribution is 2.19. The number of halogens is 2. The van der Waals surface area contributed by atoms with E-state index in [9.17, 15) is 13.6 Å². The molecule has 0 aliphatic rings. The summed E-state index contributed by atoms with van der Waals surface area (Å²) in [6.45, 7) is 1.70. The summed E-state index contributed by atoms with van der Waals surface area (Å²) in [6.07, 6.45) is 0. The second-order valence-electron chi connectivity index (χ2n) is 4.10. The van der Waals surface area contributed by atoms with Crippen LogP contribution in [0.2, 0.25) is 0 Å². The van der Waals surface area contributed by atoms with E-state index in [1.807, 2.05) is 0 Å². The van der Waals surface area contributed by atoms with E-state index in [1.54, 1.807) is 25.1 Å². The van der Waals surface area contributed by atoms with Crippen LogP contribution in [-0.4, -0.2) is 5.91 Å². The summed E-state index contributed by atoms with van der Waals surface area (Å²) >= 11 is 0. The molecule has 2 rings (SSSR count). The van der Waals surface area contributed by atoms with Crippen LogP contribution in [-0.2, 0) is 0 Å². The van der Waals surface area contributed by atoms with Gasteiger partial charge in [-0.1, -0.05) is 6.07 Å². The number of nitrogens with two attached hydrogens (primary N) is 1. The van der Waals surface area contributed by atoms with Gasteiger partial charge in [0.2, 0.25) is 0 Å². The van der Waals surface area contributed by atoms with Crippen molar-refractivity contribution in [2.45, 2.75) is 6.92 Å². The van der Waals surface area contributed by atoms with Crippen molar-refractivity contribution in [1.82, 2.24) is 0 Å². The molecule has 0 saturated carbocycles. The minimum absolute atomic E-state index is 0.0757. The molecule has 98 valence electrons. The van der Waals surface area contributed by atoms with E-state index in [4.69, 9.17) is 5.73 Å². The Hall–Kier alpha value is -2.43. The van der Waals surface area contributed by atoms with Crippen molar-refractivity contribution in [3.8, 4) is 0 Å². The predicted octanol–water partition coefficient (Wildman–Crippen LogP) is 3.11. The van der Waals surface area contributed by atoms with Gasteiger partial charge in [0.25, 0.3) is 5.91 Å². The number of hydrogen-bond acceptors (Lipinski definition) is 2. The van der Waals surface area contributed by atoms with E-state index in [0.717, 1.165) is 6.07 Å². The van der Waals surface area contributed by atoms with Gasteiger partial charge >= 0.3 is 0 Å². The Kier molecular flexibility index (Phi) is 3.46. The molecule has 0 bridgehead atoms. The third-order valence-electron chi connectivity index (χ3n) is 2.80. The first kappa shape index (κ1) is 13.0. The van der Waals surface area contributed by atoms with Crippen molar-refractivity contribution in [2.24, 2.45) is 0 Å². The first-order valence-corrected chi connectivity index (χ1v) is 5.60. The van der Waals surface area contributed by atoms with Crippen LogP contribution in [0.1, 0.15) is 15.9 Å². The Morgan fingerprint density at radius 1 is 1.21 bits per heavy atom. The summed E-state index contributed by atoms with van der Waals surface area (Å²) in [5, 5.41) is 2.39. The first-order chi connectivity index (χ1) is 8.99. The van der Waals surface area contributed by atoms with E-state index in [2.05, 4.69) is 5.32 Å². The smallest absolute Gasteiger partial charge is 0.256 e. The van der Waals surface area contributed by atoms with Crippen LogP contribution in [0.25, 0.3) is 0 Å². The summed E-state index contributed by atoms with van der Waals surface area (Å²) in [5.41, 5.74) is 7.07. The number of benzene rings is 2. The van der Waals surface area contributed by atoms with Gasteiger partial charge in [-0.15, -0.1) is 0 Å². The van der Waals surface area contributed by atoms with Crippen LogP contribution in [0.5, 0.6) is 0 Å². The molecule has 0 spiro atoms. The fourth-order valence-corrected chi connectivity index (χ4v) is 1.68. The molecule has 2 aromatic carbocycles. The monoisotopic (exact) mass is 262 g/mol. The summed E-state index contributed by atoms with van der Waals surface area (Å²) in [4.78, 5) is 12.0. The molecule has 19 heavy (non-hydrogen) atoms. The van der Waals surface area contributed by atoms with Crippen molar-refractivity contribution < 1.29 is 13.6 Å². The lowest BCUT2D eigenvalue weighted by Gasteiger charge is -2.10. The van der Waals surface area contributed by atoms with Crippen LogP contribution in [0.4, 0.5) is 20.2 Å². The van der Waals surface area contributed by atoms with Gasteiger partial charge in [0.15, 0.2) is 0 Å². The normalized spacial score (nSPS) is 10.3. The molecule has 0 atom stereocenters. The van der Waals surface area contributed by atoms with Crippen molar-refractivity contribution in [3.05, 3.63) is 59.2 Å². The molecule has 3 N–H and O–H groups in total. The average molecular weight is 262 g/mol. The number of hydrogen-bond donors (Lipinski definition) is 2. The second-order valence-corrected chi connectivity index (χ2v) is 4.10. The molecule has 0 radical (unpaired) electrons. The fraction of sp³-hybridized carbons (Fsp3) is 0.0714. The maximum atomic E-state index is 13.4. The maximum absolute atomic E-state index is 13.4. The Balaban J connectivity index is 2.28. The molecule has 5 heteroatoms. The number of nitrogen functional groups attached to an aromatic ring is 1. The standard InChI is InChI=1S/C14H12F2N2O/c1-8-10(3-2-4-12(8)17)14(19)18-13-6-5-9(15)7-11(13)16/h2-7H,17H2,1H3,(H,18,19). The van der Waals surface area contributed by atoms with Gasteiger partial charge < -0.3 is 11.1 Å². The Morgan fingerprint density at radius 2 is 1.95 bits per heavy atom. The minimum atomic E-state index is -0.824. The zero-order valence-corrected chi connectivity index (χ0v) is 10.2. The van der Waals surface area contributed by atoms with Gasteiger partial charge in [-0.3, -0.25) is 4.79 Å². The van der Waals surface area contributed by atoms with Crippen LogP contribution in [0.3, 0.4) is 0 Å². The average Bonchev–Trinajstić information content (AvgIpc) is 2.36. The highest BCUT2D eigenvalue weighted by Gasteiger charge is 2.13. The molecular formula is C14H12F2N2O. The van der Waals surface area contributed by atoms with E-state index in [-0.39, 0.29) is 5.69 Å². The molecule has 1 amide bonds. The largest absolute Gasteiger partial charge is 0.398 e. The highest BCUT2D eigenvalue weighted by molar-refractivity contribution is 6.06. The van der Waals surface area contributed by atoms with Crippen LogP contribution in [0.15, 0.2) is 36.4 Å². The predicted molar refractivity (Wildman–Crippen MR) is 69.9 cm³/mol. The lowest BCUT2D eigenvalue weighted by atomic mass is 10.1. The summed E-state index contributed by atoms with van der Waals surface area (Å²) < 4.78 is 26.2. The molecule has 0 aliphatic heterocycles. The zero-order valence-electron chi connectivity index (χ0n) is 10.2. The molecule has 2 aromatic rings. The Bertz CT molecular complexity index is 641. The van der Waals surface area contributed by atoms with E-state index >= 15 is 0 Å². The van der Waals surface area contributed by atoms with Gasteiger partial charge in [-0.25, -0.2) is 8.78 Å². The number of carbonyl (C=O) groups excluding carboxylic acids is 1. The van der Waals surface area contributed by atoms with E-state index in [0.29, 0.717) is 22.9 Å². The summed E-state index contributed by atoms with van der Waals surface area (Å²) in [5.74, 6) is -2.01. The number of rotatable bonds is 2. The van der Waals surface area contributed by atoms with Crippen LogP contribution < -0.4 is 11.1 Å². The van der Waals surface area contributed by atoms with Crippen molar-refractivity contribution in [1.29, 1.82) is 0 Å². The van der Waals surface area contributed by atoms with Gasteiger partial charge in [0.05, 0.1) is 5.69 Å². The van der Waals surface area contributed by atoms with Crippen LogP contribution >= 0.6 is 0 Å². The lowest BCUT2D eigenvalue weighted by Crippen LogP contribution is -2.15.